The minimum Gasteiger partial charge on any atom is -0.490 e. The smallest absolute Gasteiger partial charge is 0.120 e. The van der Waals surface area contributed by atoms with Gasteiger partial charge in [0, 0.05) is 6.04 Å². The Morgan fingerprint density at radius 2 is 2.12 bits per heavy atom. The van der Waals surface area contributed by atoms with E-state index in [1.54, 1.807) is 0 Å². The van der Waals surface area contributed by atoms with E-state index in [1.165, 1.54) is 12.0 Å². The number of hydrogen-bond acceptors (Lipinski definition) is 2. The molecular weight excluding hydrogens is 210 g/mol. The van der Waals surface area contributed by atoms with Gasteiger partial charge in [-0.15, -0.1) is 0 Å². The molecule has 2 unspecified atom stereocenters. The van der Waals surface area contributed by atoms with Crippen molar-refractivity contribution in [3.63, 3.8) is 0 Å². The van der Waals surface area contributed by atoms with Gasteiger partial charge in [0.1, 0.15) is 11.9 Å². The van der Waals surface area contributed by atoms with Crippen LogP contribution in [0.15, 0.2) is 24.3 Å². The SMILES string of the molecule is CNC1CCC(Oc2cccc(C(C)C)c2)C1. The van der Waals surface area contributed by atoms with Crippen molar-refractivity contribution >= 4 is 0 Å². The number of ether oxygens (including phenoxy) is 1. The topological polar surface area (TPSA) is 21.3 Å². The second-order valence-electron chi connectivity index (χ2n) is 5.27. The predicted molar refractivity (Wildman–Crippen MR) is 71.6 cm³/mol. The quantitative estimate of drug-likeness (QED) is 0.861. The predicted octanol–water partition coefficient (Wildman–Crippen LogP) is 3.33. The van der Waals surface area contributed by atoms with Gasteiger partial charge in [-0.2, -0.15) is 0 Å². The van der Waals surface area contributed by atoms with Gasteiger partial charge in [-0.3, -0.25) is 0 Å². The highest BCUT2D eigenvalue weighted by atomic mass is 16.5. The molecule has 2 atom stereocenters. The Morgan fingerprint density at radius 1 is 1.29 bits per heavy atom. The van der Waals surface area contributed by atoms with Gasteiger partial charge in [0.15, 0.2) is 0 Å². The summed E-state index contributed by atoms with van der Waals surface area (Å²) in [4.78, 5) is 0. The van der Waals surface area contributed by atoms with Crippen molar-refractivity contribution in [1.29, 1.82) is 0 Å². The highest BCUT2D eigenvalue weighted by Gasteiger charge is 2.24. The Labute approximate surface area is 104 Å². The number of hydrogen-bond donors (Lipinski definition) is 1. The molecule has 1 saturated carbocycles. The van der Waals surface area contributed by atoms with Crippen LogP contribution >= 0.6 is 0 Å². The maximum absolute atomic E-state index is 6.06. The number of benzene rings is 1. The summed E-state index contributed by atoms with van der Waals surface area (Å²) >= 11 is 0. The first-order valence-corrected chi connectivity index (χ1v) is 6.63. The average Bonchev–Trinajstić information content (AvgIpc) is 2.77. The van der Waals surface area contributed by atoms with Crippen LogP contribution in [-0.4, -0.2) is 19.2 Å². The lowest BCUT2D eigenvalue weighted by atomic mass is 10.0. The fourth-order valence-electron chi connectivity index (χ4n) is 2.45. The first-order valence-electron chi connectivity index (χ1n) is 6.63. The lowest BCUT2D eigenvalue weighted by Crippen LogP contribution is -2.23. The van der Waals surface area contributed by atoms with Crippen LogP contribution in [0.2, 0.25) is 0 Å². The zero-order chi connectivity index (χ0) is 12.3. The molecular formula is C15H23NO. The Kier molecular flexibility index (Phi) is 4.06. The Balaban J connectivity index is 1.97. The van der Waals surface area contributed by atoms with E-state index in [0.29, 0.717) is 18.1 Å². The second-order valence-corrected chi connectivity index (χ2v) is 5.27. The molecule has 0 radical (unpaired) electrons. The molecule has 1 aliphatic rings. The van der Waals surface area contributed by atoms with Crippen molar-refractivity contribution in [2.24, 2.45) is 0 Å². The van der Waals surface area contributed by atoms with E-state index in [1.807, 2.05) is 7.05 Å². The molecule has 0 amide bonds. The minimum atomic E-state index is 0.384. The van der Waals surface area contributed by atoms with Crippen LogP contribution < -0.4 is 10.1 Å². The molecule has 1 N–H and O–H groups in total. The monoisotopic (exact) mass is 233 g/mol. The van der Waals surface area contributed by atoms with Crippen LogP contribution in [0, 0.1) is 0 Å². The van der Waals surface area contributed by atoms with Gasteiger partial charge < -0.3 is 10.1 Å². The summed E-state index contributed by atoms with van der Waals surface area (Å²) in [5.41, 5.74) is 1.35. The first kappa shape index (κ1) is 12.4. The molecule has 0 bridgehead atoms. The molecule has 94 valence electrons. The van der Waals surface area contributed by atoms with Gasteiger partial charge in [-0.05, 0) is 49.9 Å². The molecule has 0 aromatic heterocycles. The van der Waals surface area contributed by atoms with E-state index in [9.17, 15) is 0 Å². The maximum atomic E-state index is 6.06. The molecule has 0 heterocycles. The van der Waals surface area contributed by atoms with Crippen molar-refractivity contribution < 1.29 is 4.74 Å². The summed E-state index contributed by atoms with van der Waals surface area (Å²) in [6.07, 6.45) is 3.90. The third-order valence-electron chi connectivity index (χ3n) is 3.62. The van der Waals surface area contributed by atoms with E-state index in [0.717, 1.165) is 18.6 Å². The van der Waals surface area contributed by atoms with Crippen LogP contribution in [0.4, 0.5) is 0 Å². The molecule has 2 nitrogen and oxygen atoms in total. The fourth-order valence-corrected chi connectivity index (χ4v) is 2.45. The molecule has 0 aliphatic heterocycles. The lowest BCUT2D eigenvalue weighted by molar-refractivity contribution is 0.206. The van der Waals surface area contributed by atoms with Crippen molar-refractivity contribution in [3.8, 4) is 5.75 Å². The highest BCUT2D eigenvalue weighted by Crippen LogP contribution is 2.26. The van der Waals surface area contributed by atoms with Gasteiger partial charge >= 0.3 is 0 Å². The minimum absolute atomic E-state index is 0.384. The zero-order valence-corrected chi connectivity index (χ0v) is 11.1. The Bertz CT molecular complexity index is 362. The van der Waals surface area contributed by atoms with E-state index in [2.05, 4.69) is 43.4 Å². The molecule has 1 aromatic rings. The molecule has 2 heteroatoms. The summed E-state index contributed by atoms with van der Waals surface area (Å²) in [5, 5.41) is 3.33. The van der Waals surface area contributed by atoms with Crippen LogP contribution in [0.3, 0.4) is 0 Å². The molecule has 17 heavy (non-hydrogen) atoms. The van der Waals surface area contributed by atoms with Gasteiger partial charge in [0.25, 0.3) is 0 Å². The summed E-state index contributed by atoms with van der Waals surface area (Å²) in [7, 11) is 2.03. The lowest BCUT2D eigenvalue weighted by Gasteiger charge is -2.15. The average molecular weight is 233 g/mol. The summed E-state index contributed by atoms with van der Waals surface area (Å²) < 4.78 is 6.06. The standard InChI is InChI=1S/C15H23NO/c1-11(2)12-5-4-6-14(9-12)17-15-8-7-13(10-15)16-3/h4-6,9,11,13,15-16H,7-8,10H2,1-3H3. The Hall–Kier alpha value is -1.02. The molecule has 2 rings (SSSR count). The number of rotatable bonds is 4. The van der Waals surface area contributed by atoms with Gasteiger partial charge in [0.05, 0.1) is 0 Å². The van der Waals surface area contributed by atoms with Crippen LogP contribution in [0.5, 0.6) is 5.75 Å². The van der Waals surface area contributed by atoms with E-state index >= 15 is 0 Å². The normalized spacial score (nSPS) is 24.2. The fraction of sp³-hybridized carbons (Fsp3) is 0.600. The largest absolute Gasteiger partial charge is 0.490 e. The Morgan fingerprint density at radius 3 is 2.76 bits per heavy atom. The van der Waals surface area contributed by atoms with Crippen molar-refractivity contribution in [2.75, 3.05) is 7.05 Å². The van der Waals surface area contributed by atoms with Crippen molar-refractivity contribution in [3.05, 3.63) is 29.8 Å². The zero-order valence-electron chi connectivity index (χ0n) is 11.1. The van der Waals surface area contributed by atoms with Crippen molar-refractivity contribution in [2.45, 2.75) is 51.2 Å². The van der Waals surface area contributed by atoms with Gasteiger partial charge in [-0.1, -0.05) is 26.0 Å². The summed E-state index contributed by atoms with van der Waals surface area (Å²) in [6, 6.07) is 9.14. The van der Waals surface area contributed by atoms with Gasteiger partial charge in [-0.25, -0.2) is 0 Å². The van der Waals surface area contributed by atoms with E-state index in [4.69, 9.17) is 4.74 Å². The van der Waals surface area contributed by atoms with E-state index < -0.39 is 0 Å². The van der Waals surface area contributed by atoms with Crippen molar-refractivity contribution in [1.82, 2.24) is 5.32 Å². The molecule has 1 aliphatic carbocycles. The third kappa shape index (κ3) is 3.22. The molecule has 1 fully saturated rings. The third-order valence-corrected chi connectivity index (χ3v) is 3.62. The van der Waals surface area contributed by atoms with Crippen LogP contribution in [-0.2, 0) is 0 Å². The summed E-state index contributed by atoms with van der Waals surface area (Å²) in [6.45, 7) is 4.43. The van der Waals surface area contributed by atoms with Gasteiger partial charge in [0.2, 0.25) is 0 Å². The first-order chi connectivity index (χ1) is 8.19. The molecule has 0 saturated heterocycles. The van der Waals surface area contributed by atoms with Crippen LogP contribution in [0.25, 0.3) is 0 Å². The highest BCUT2D eigenvalue weighted by molar-refractivity contribution is 5.30. The molecule has 1 aromatic carbocycles. The van der Waals surface area contributed by atoms with Crippen LogP contribution in [0.1, 0.15) is 44.6 Å². The number of nitrogens with one attached hydrogen (secondary N) is 1. The second kappa shape index (κ2) is 5.54. The van der Waals surface area contributed by atoms with E-state index in [-0.39, 0.29) is 0 Å². The summed E-state index contributed by atoms with van der Waals surface area (Å²) in [5.74, 6) is 1.59. The molecule has 0 spiro atoms. The maximum Gasteiger partial charge on any atom is 0.120 e.